The lowest BCUT2D eigenvalue weighted by atomic mass is 10.0. The Morgan fingerprint density at radius 3 is 2.43 bits per heavy atom. The normalized spacial score (nSPS) is 11.0. The van der Waals surface area contributed by atoms with Gasteiger partial charge < -0.3 is 4.74 Å². The number of ether oxygens (including phenoxy) is 1. The molecule has 0 aliphatic rings. The van der Waals surface area contributed by atoms with Gasteiger partial charge in [0, 0.05) is 5.02 Å². The summed E-state index contributed by atoms with van der Waals surface area (Å²) in [7, 11) is 0. The monoisotopic (exact) mass is 411 g/mol. The van der Waals surface area contributed by atoms with Crippen molar-refractivity contribution in [1.82, 2.24) is 0 Å². The second-order valence-corrected chi connectivity index (χ2v) is 6.58. The standard InChI is InChI=1S/C22H12Cl2FNO2/c23-17-9-7-15(8-10-17)16(13-26)11-14-3-1-4-18(12-14)28-22(27)21-19(24)5-2-6-20(21)25/h1-12H/b16-11-. The molecule has 0 aromatic heterocycles. The molecule has 6 heteroatoms. The van der Waals surface area contributed by atoms with Crippen LogP contribution in [0.3, 0.4) is 0 Å². The highest BCUT2D eigenvalue weighted by atomic mass is 35.5. The molecule has 3 rings (SSSR count). The minimum Gasteiger partial charge on any atom is -0.423 e. The third-order valence-electron chi connectivity index (χ3n) is 3.82. The number of hydrogen-bond acceptors (Lipinski definition) is 3. The third-order valence-corrected chi connectivity index (χ3v) is 4.39. The number of nitriles is 1. The number of nitrogens with zero attached hydrogens (tertiary/aromatic N) is 1. The lowest BCUT2D eigenvalue weighted by Gasteiger charge is -2.07. The van der Waals surface area contributed by atoms with Gasteiger partial charge in [0.2, 0.25) is 0 Å². The fraction of sp³-hybridized carbons (Fsp3) is 0. The zero-order valence-electron chi connectivity index (χ0n) is 14.3. The van der Waals surface area contributed by atoms with Crippen LogP contribution in [0.25, 0.3) is 11.6 Å². The van der Waals surface area contributed by atoms with E-state index in [1.54, 1.807) is 54.6 Å². The van der Waals surface area contributed by atoms with E-state index in [2.05, 4.69) is 6.07 Å². The van der Waals surface area contributed by atoms with Crippen molar-refractivity contribution >= 4 is 40.8 Å². The van der Waals surface area contributed by atoms with Crippen molar-refractivity contribution in [3.63, 3.8) is 0 Å². The molecule has 0 spiro atoms. The van der Waals surface area contributed by atoms with Gasteiger partial charge in [-0.1, -0.05) is 53.5 Å². The van der Waals surface area contributed by atoms with Crippen LogP contribution in [-0.2, 0) is 0 Å². The van der Waals surface area contributed by atoms with Crippen LogP contribution in [0.1, 0.15) is 21.5 Å². The van der Waals surface area contributed by atoms with Crippen LogP contribution >= 0.6 is 23.2 Å². The first-order valence-electron chi connectivity index (χ1n) is 8.12. The average molecular weight is 412 g/mol. The maximum absolute atomic E-state index is 13.9. The van der Waals surface area contributed by atoms with E-state index in [1.165, 1.54) is 12.1 Å². The van der Waals surface area contributed by atoms with E-state index in [0.717, 1.165) is 6.07 Å². The predicted octanol–water partition coefficient (Wildman–Crippen LogP) is 6.42. The second kappa shape index (κ2) is 8.71. The van der Waals surface area contributed by atoms with E-state index in [1.807, 2.05) is 0 Å². The van der Waals surface area contributed by atoms with Crippen LogP contribution in [0, 0.1) is 17.1 Å². The molecule has 0 fully saturated rings. The van der Waals surface area contributed by atoms with E-state index in [9.17, 15) is 14.4 Å². The number of rotatable bonds is 4. The first-order chi connectivity index (χ1) is 13.5. The molecule has 0 bridgehead atoms. The quantitative estimate of drug-likeness (QED) is 0.215. The number of hydrogen-bond donors (Lipinski definition) is 0. The van der Waals surface area contributed by atoms with Gasteiger partial charge in [-0.05, 0) is 53.6 Å². The smallest absolute Gasteiger partial charge is 0.348 e. The van der Waals surface area contributed by atoms with Crippen molar-refractivity contribution in [3.8, 4) is 11.8 Å². The molecule has 0 heterocycles. The maximum atomic E-state index is 13.9. The number of halogens is 3. The van der Waals surface area contributed by atoms with Crippen LogP contribution in [0.4, 0.5) is 4.39 Å². The summed E-state index contributed by atoms with van der Waals surface area (Å²) in [5.41, 5.74) is 1.42. The molecule has 138 valence electrons. The molecule has 0 aliphatic heterocycles. The number of allylic oxidation sites excluding steroid dienone is 1. The van der Waals surface area contributed by atoms with Crippen LogP contribution < -0.4 is 4.74 Å². The SMILES string of the molecule is N#C/C(=C/c1cccc(OC(=O)c2c(F)cccc2Cl)c1)c1ccc(Cl)cc1. The highest BCUT2D eigenvalue weighted by molar-refractivity contribution is 6.33. The van der Waals surface area contributed by atoms with E-state index < -0.39 is 11.8 Å². The van der Waals surface area contributed by atoms with Crippen LogP contribution in [0.15, 0.2) is 66.7 Å². The molecule has 3 nitrogen and oxygen atoms in total. The van der Waals surface area contributed by atoms with Gasteiger partial charge >= 0.3 is 5.97 Å². The summed E-state index contributed by atoms with van der Waals surface area (Å²) in [6.45, 7) is 0. The Labute approximate surface area is 171 Å². The first-order valence-corrected chi connectivity index (χ1v) is 8.87. The Hall–Kier alpha value is -3.13. The fourth-order valence-electron chi connectivity index (χ4n) is 2.49. The summed E-state index contributed by atoms with van der Waals surface area (Å²) in [5.74, 6) is -1.46. The molecule has 0 saturated carbocycles. The molecule has 3 aromatic rings. The van der Waals surface area contributed by atoms with Crippen LogP contribution in [0.2, 0.25) is 10.0 Å². The fourth-order valence-corrected chi connectivity index (χ4v) is 2.86. The van der Waals surface area contributed by atoms with Crippen molar-refractivity contribution in [1.29, 1.82) is 5.26 Å². The van der Waals surface area contributed by atoms with Gasteiger partial charge in [-0.25, -0.2) is 9.18 Å². The molecule has 28 heavy (non-hydrogen) atoms. The van der Waals surface area contributed by atoms with Gasteiger partial charge in [0.05, 0.1) is 16.7 Å². The van der Waals surface area contributed by atoms with Gasteiger partial charge in [-0.3, -0.25) is 0 Å². The number of carbonyl (C=O) groups is 1. The molecule has 0 unspecified atom stereocenters. The molecule has 3 aromatic carbocycles. The van der Waals surface area contributed by atoms with Crippen molar-refractivity contribution in [2.75, 3.05) is 0 Å². The second-order valence-electron chi connectivity index (χ2n) is 5.74. The van der Waals surface area contributed by atoms with Crippen molar-refractivity contribution in [2.24, 2.45) is 0 Å². The third kappa shape index (κ3) is 4.58. The van der Waals surface area contributed by atoms with Gasteiger partial charge in [-0.15, -0.1) is 0 Å². The molecule has 0 amide bonds. The summed E-state index contributed by atoms with van der Waals surface area (Å²) in [6, 6.07) is 19.5. The van der Waals surface area contributed by atoms with E-state index >= 15 is 0 Å². The lowest BCUT2D eigenvalue weighted by molar-refractivity contribution is 0.0730. The Balaban J connectivity index is 1.87. The zero-order valence-corrected chi connectivity index (χ0v) is 15.8. The summed E-state index contributed by atoms with van der Waals surface area (Å²) in [5, 5.41) is 9.98. The van der Waals surface area contributed by atoms with Crippen molar-refractivity contribution in [2.45, 2.75) is 0 Å². The number of esters is 1. The summed E-state index contributed by atoms with van der Waals surface area (Å²) < 4.78 is 19.1. The summed E-state index contributed by atoms with van der Waals surface area (Å²) in [4.78, 5) is 12.3. The van der Waals surface area contributed by atoms with Gasteiger partial charge in [-0.2, -0.15) is 5.26 Å². The zero-order chi connectivity index (χ0) is 20.1. The van der Waals surface area contributed by atoms with Crippen molar-refractivity contribution < 1.29 is 13.9 Å². The highest BCUT2D eigenvalue weighted by Crippen LogP contribution is 2.24. The van der Waals surface area contributed by atoms with Gasteiger partial charge in [0.15, 0.2) is 0 Å². The molecule has 0 radical (unpaired) electrons. The minimum absolute atomic E-state index is 0.0319. The predicted molar refractivity (Wildman–Crippen MR) is 108 cm³/mol. The lowest BCUT2D eigenvalue weighted by Crippen LogP contribution is -2.11. The Bertz CT molecular complexity index is 1080. The Kier molecular flexibility index (Phi) is 6.10. The topological polar surface area (TPSA) is 50.1 Å². The van der Waals surface area contributed by atoms with Gasteiger partial charge in [0.1, 0.15) is 17.1 Å². The van der Waals surface area contributed by atoms with E-state index in [0.29, 0.717) is 21.7 Å². The van der Waals surface area contributed by atoms with E-state index in [-0.39, 0.29) is 16.3 Å². The Morgan fingerprint density at radius 1 is 1.04 bits per heavy atom. The molecule has 0 atom stereocenters. The molecular weight excluding hydrogens is 400 g/mol. The molecule has 0 N–H and O–H groups in total. The first kappa shape index (κ1) is 19.6. The average Bonchev–Trinajstić information content (AvgIpc) is 2.67. The van der Waals surface area contributed by atoms with Gasteiger partial charge in [0.25, 0.3) is 0 Å². The molecule has 0 saturated heterocycles. The van der Waals surface area contributed by atoms with Crippen molar-refractivity contribution in [3.05, 3.63) is 99.3 Å². The summed E-state index contributed by atoms with van der Waals surface area (Å²) >= 11 is 11.8. The molecular formula is C22H12Cl2FNO2. The van der Waals surface area contributed by atoms with Crippen LogP contribution in [0.5, 0.6) is 5.75 Å². The molecule has 0 aliphatic carbocycles. The summed E-state index contributed by atoms with van der Waals surface area (Å²) in [6.07, 6.45) is 1.65. The highest BCUT2D eigenvalue weighted by Gasteiger charge is 2.18. The number of benzene rings is 3. The van der Waals surface area contributed by atoms with E-state index in [4.69, 9.17) is 27.9 Å². The van der Waals surface area contributed by atoms with Crippen LogP contribution in [-0.4, -0.2) is 5.97 Å². The maximum Gasteiger partial charge on any atom is 0.348 e. The minimum atomic E-state index is -0.901. The number of carbonyl (C=O) groups excluding carboxylic acids is 1. The Morgan fingerprint density at radius 2 is 1.75 bits per heavy atom. The largest absolute Gasteiger partial charge is 0.423 e.